The lowest BCUT2D eigenvalue weighted by atomic mass is 9.88. The highest BCUT2D eigenvalue weighted by molar-refractivity contribution is 5.81. The summed E-state index contributed by atoms with van der Waals surface area (Å²) in [7, 11) is 3.05. The maximum atomic E-state index is 11.0. The zero-order valence-electron chi connectivity index (χ0n) is 14.6. The maximum Gasteiger partial charge on any atom is 0.330 e. The van der Waals surface area contributed by atoms with E-state index in [1.165, 1.54) is 13.2 Å². The van der Waals surface area contributed by atoms with Gasteiger partial charge in [0.05, 0.1) is 27.4 Å². The van der Waals surface area contributed by atoms with Gasteiger partial charge in [-0.3, -0.25) is 0 Å². The Kier molecular flexibility index (Phi) is 8.41. The van der Waals surface area contributed by atoms with Gasteiger partial charge in [-0.05, 0) is 42.4 Å². The van der Waals surface area contributed by atoms with Gasteiger partial charge in [0.2, 0.25) is 0 Å². The zero-order chi connectivity index (χ0) is 17.1. The van der Waals surface area contributed by atoms with Gasteiger partial charge in [-0.15, -0.1) is 0 Å². The average Bonchev–Trinajstić information content (AvgIpc) is 2.54. The Bertz CT molecular complexity index is 489. The molecule has 0 radical (unpaired) electrons. The molecule has 0 fully saturated rings. The van der Waals surface area contributed by atoms with E-state index in [2.05, 4.69) is 18.6 Å². The van der Waals surface area contributed by atoms with Crippen molar-refractivity contribution in [2.24, 2.45) is 5.41 Å². The highest BCUT2D eigenvalue weighted by Crippen LogP contribution is 2.24. The van der Waals surface area contributed by atoms with Gasteiger partial charge in [0.25, 0.3) is 0 Å². The molecule has 0 atom stereocenters. The lowest BCUT2D eigenvalue weighted by molar-refractivity contribution is -0.134. The van der Waals surface area contributed by atoms with Gasteiger partial charge in [-0.25, -0.2) is 4.79 Å². The van der Waals surface area contributed by atoms with E-state index in [1.807, 2.05) is 30.3 Å². The topological polar surface area (TPSA) is 44.8 Å². The number of methoxy groups -OCH3 is 2. The summed E-state index contributed by atoms with van der Waals surface area (Å²) in [6.07, 6.45) is 6.28. The molecule has 0 spiro atoms. The predicted molar refractivity (Wildman–Crippen MR) is 91.4 cm³/mol. The smallest absolute Gasteiger partial charge is 0.330 e. The molecule has 0 N–H and O–H groups in total. The van der Waals surface area contributed by atoms with Crippen molar-refractivity contribution in [1.82, 2.24) is 0 Å². The Labute approximate surface area is 139 Å². The number of carbonyl (C=O) groups excluding carboxylic acids is 1. The fourth-order valence-corrected chi connectivity index (χ4v) is 2.19. The van der Waals surface area contributed by atoms with Gasteiger partial charge in [0, 0.05) is 6.08 Å². The van der Waals surface area contributed by atoms with Crippen LogP contribution in [0.25, 0.3) is 0 Å². The molecule has 0 aromatic heterocycles. The van der Waals surface area contributed by atoms with Crippen LogP contribution < -0.4 is 4.74 Å². The normalized spacial score (nSPS) is 11.7. The number of carbonyl (C=O) groups is 1. The first-order valence-corrected chi connectivity index (χ1v) is 7.92. The Morgan fingerprint density at radius 3 is 2.48 bits per heavy atom. The Morgan fingerprint density at radius 2 is 1.87 bits per heavy atom. The molecule has 23 heavy (non-hydrogen) atoms. The molecule has 0 bridgehead atoms. The molecule has 0 aliphatic carbocycles. The minimum atomic E-state index is -0.299. The average molecular weight is 320 g/mol. The van der Waals surface area contributed by atoms with Crippen LogP contribution in [0.4, 0.5) is 0 Å². The molecule has 0 aliphatic rings. The third-order valence-electron chi connectivity index (χ3n) is 3.60. The van der Waals surface area contributed by atoms with E-state index in [9.17, 15) is 4.79 Å². The van der Waals surface area contributed by atoms with Crippen molar-refractivity contribution < 1.29 is 19.0 Å². The van der Waals surface area contributed by atoms with Crippen molar-refractivity contribution >= 4 is 5.97 Å². The molecule has 0 saturated heterocycles. The van der Waals surface area contributed by atoms with Crippen LogP contribution in [0.3, 0.4) is 0 Å². The molecule has 0 amide bonds. The summed E-state index contributed by atoms with van der Waals surface area (Å²) < 4.78 is 15.5. The van der Waals surface area contributed by atoms with Gasteiger partial charge < -0.3 is 14.2 Å². The second-order valence-electron chi connectivity index (χ2n) is 6.32. The van der Waals surface area contributed by atoms with Gasteiger partial charge in [0.1, 0.15) is 5.75 Å². The highest BCUT2D eigenvalue weighted by Gasteiger charge is 2.17. The van der Waals surface area contributed by atoms with E-state index >= 15 is 0 Å². The number of allylic oxidation sites excluding steroid dienone is 1. The van der Waals surface area contributed by atoms with E-state index in [0.717, 1.165) is 30.6 Å². The lowest BCUT2D eigenvalue weighted by Crippen LogP contribution is -2.19. The molecular formula is C19H28O4. The van der Waals surface area contributed by atoms with Gasteiger partial charge in [-0.1, -0.05) is 32.1 Å². The number of rotatable bonds is 10. The van der Waals surface area contributed by atoms with Crippen LogP contribution in [-0.4, -0.2) is 26.8 Å². The quantitative estimate of drug-likeness (QED) is 0.369. The second kappa shape index (κ2) is 10.1. The first kappa shape index (κ1) is 19.2. The summed E-state index contributed by atoms with van der Waals surface area (Å²) in [6, 6.07) is 7.92. The molecule has 1 aromatic rings. The minimum Gasteiger partial charge on any atom is -0.497 e. The number of ether oxygens (including phenoxy) is 3. The Balaban J connectivity index is 2.23. The monoisotopic (exact) mass is 320 g/mol. The second-order valence-corrected chi connectivity index (χ2v) is 6.32. The summed E-state index contributed by atoms with van der Waals surface area (Å²) in [5.74, 6) is 0.557. The summed E-state index contributed by atoms with van der Waals surface area (Å²) in [5.41, 5.74) is 1.26. The van der Waals surface area contributed by atoms with Crippen LogP contribution in [0.2, 0.25) is 0 Å². The van der Waals surface area contributed by atoms with Crippen molar-refractivity contribution in [3.05, 3.63) is 42.0 Å². The summed E-state index contributed by atoms with van der Waals surface area (Å²) >= 11 is 0. The summed E-state index contributed by atoms with van der Waals surface area (Å²) in [6.45, 7) is 5.71. The van der Waals surface area contributed by atoms with Crippen molar-refractivity contribution in [3.63, 3.8) is 0 Å². The SMILES string of the molecule is COC(=O)C=CCCCC(C)(C)COCc1ccc(OC)cc1. The largest absolute Gasteiger partial charge is 0.497 e. The van der Waals surface area contributed by atoms with Crippen molar-refractivity contribution in [2.75, 3.05) is 20.8 Å². The van der Waals surface area contributed by atoms with Gasteiger partial charge >= 0.3 is 5.97 Å². The Morgan fingerprint density at radius 1 is 1.17 bits per heavy atom. The number of hydrogen-bond acceptors (Lipinski definition) is 4. The highest BCUT2D eigenvalue weighted by atomic mass is 16.5. The Hall–Kier alpha value is -1.81. The van der Waals surface area contributed by atoms with E-state index in [0.29, 0.717) is 13.2 Å². The number of unbranched alkanes of at least 4 members (excludes halogenated alkanes) is 1. The summed E-state index contributed by atoms with van der Waals surface area (Å²) in [5, 5.41) is 0. The number of esters is 1. The fourth-order valence-electron chi connectivity index (χ4n) is 2.19. The van der Waals surface area contributed by atoms with Crippen LogP contribution in [0.5, 0.6) is 5.75 Å². The van der Waals surface area contributed by atoms with Crippen molar-refractivity contribution in [3.8, 4) is 5.75 Å². The van der Waals surface area contributed by atoms with Crippen molar-refractivity contribution in [2.45, 2.75) is 39.7 Å². The van der Waals surface area contributed by atoms with E-state index in [1.54, 1.807) is 7.11 Å². The van der Waals surface area contributed by atoms with E-state index in [4.69, 9.17) is 9.47 Å². The zero-order valence-corrected chi connectivity index (χ0v) is 14.6. The molecular weight excluding hydrogens is 292 g/mol. The first-order chi connectivity index (χ1) is 11.0. The van der Waals surface area contributed by atoms with Crippen LogP contribution in [0.15, 0.2) is 36.4 Å². The predicted octanol–water partition coefficient (Wildman–Crippen LogP) is 4.14. The number of benzene rings is 1. The molecule has 0 saturated carbocycles. The molecule has 4 nitrogen and oxygen atoms in total. The maximum absolute atomic E-state index is 11.0. The van der Waals surface area contributed by atoms with Crippen LogP contribution in [-0.2, 0) is 20.9 Å². The van der Waals surface area contributed by atoms with Gasteiger partial charge in [-0.2, -0.15) is 0 Å². The molecule has 1 rings (SSSR count). The molecule has 128 valence electrons. The van der Waals surface area contributed by atoms with E-state index in [-0.39, 0.29) is 11.4 Å². The van der Waals surface area contributed by atoms with Crippen LogP contribution >= 0.6 is 0 Å². The molecule has 0 aliphatic heterocycles. The first-order valence-electron chi connectivity index (χ1n) is 7.92. The molecule has 4 heteroatoms. The van der Waals surface area contributed by atoms with Crippen LogP contribution in [0, 0.1) is 5.41 Å². The number of hydrogen-bond donors (Lipinski definition) is 0. The standard InChI is InChI=1S/C19H28O4/c1-19(2,13-7-5-6-8-18(20)22-4)15-23-14-16-9-11-17(21-3)12-10-16/h6,8-12H,5,7,13-15H2,1-4H3. The molecule has 0 heterocycles. The van der Waals surface area contributed by atoms with Crippen molar-refractivity contribution in [1.29, 1.82) is 0 Å². The summed E-state index contributed by atoms with van der Waals surface area (Å²) in [4.78, 5) is 11.0. The fraction of sp³-hybridized carbons (Fsp3) is 0.526. The minimum absolute atomic E-state index is 0.117. The van der Waals surface area contributed by atoms with Crippen LogP contribution in [0.1, 0.15) is 38.7 Å². The lowest BCUT2D eigenvalue weighted by Gasteiger charge is -2.24. The van der Waals surface area contributed by atoms with E-state index < -0.39 is 0 Å². The molecule has 0 unspecified atom stereocenters. The third-order valence-corrected chi connectivity index (χ3v) is 3.60. The van der Waals surface area contributed by atoms with Gasteiger partial charge in [0.15, 0.2) is 0 Å². The third kappa shape index (κ3) is 8.41. The molecule has 1 aromatic carbocycles.